The zero-order valence-electron chi connectivity index (χ0n) is 15.9. The summed E-state index contributed by atoms with van der Waals surface area (Å²) >= 11 is 0.977. The highest BCUT2D eigenvalue weighted by Gasteiger charge is 2.18. The van der Waals surface area contributed by atoms with E-state index < -0.39 is 10.8 Å². The Morgan fingerprint density at radius 1 is 1.21 bits per heavy atom. The van der Waals surface area contributed by atoms with Crippen LogP contribution in [0, 0.1) is 10.1 Å². The Labute approximate surface area is 171 Å². The van der Waals surface area contributed by atoms with Crippen LogP contribution in [0.4, 0.5) is 11.4 Å². The second-order valence-electron chi connectivity index (χ2n) is 6.17. The van der Waals surface area contributed by atoms with Crippen LogP contribution in [0.25, 0.3) is 0 Å². The summed E-state index contributed by atoms with van der Waals surface area (Å²) in [6.07, 6.45) is 0. The Balaban J connectivity index is 2.09. The van der Waals surface area contributed by atoms with E-state index in [0.717, 1.165) is 23.4 Å². The zero-order chi connectivity index (χ0) is 21.6. The summed E-state index contributed by atoms with van der Waals surface area (Å²) in [5.41, 5.74) is 6.21. The maximum Gasteiger partial charge on any atom is 0.283 e. The number of nitrogens with one attached hydrogen (secondary N) is 1. The van der Waals surface area contributed by atoms with E-state index in [2.05, 4.69) is 5.32 Å². The minimum atomic E-state index is -0.769. The quantitative estimate of drug-likeness (QED) is 0.385. The van der Waals surface area contributed by atoms with Crippen LogP contribution in [-0.2, 0) is 16.1 Å². The van der Waals surface area contributed by atoms with Crippen molar-refractivity contribution in [2.75, 3.05) is 18.1 Å². The van der Waals surface area contributed by atoms with Gasteiger partial charge in [-0.2, -0.15) is 0 Å². The number of hydrogen-bond donors (Lipinski definition) is 2. The van der Waals surface area contributed by atoms with Crippen LogP contribution >= 0.6 is 11.8 Å². The first-order chi connectivity index (χ1) is 13.7. The molecule has 2 aromatic carbocycles. The van der Waals surface area contributed by atoms with Crippen LogP contribution < -0.4 is 11.1 Å². The maximum absolute atomic E-state index is 12.4. The predicted molar refractivity (Wildman–Crippen MR) is 110 cm³/mol. The van der Waals surface area contributed by atoms with Gasteiger partial charge in [0.05, 0.1) is 15.6 Å². The van der Waals surface area contributed by atoms with Crippen molar-refractivity contribution in [1.29, 1.82) is 0 Å². The van der Waals surface area contributed by atoms with Gasteiger partial charge in [-0.15, -0.1) is 11.8 Å². The molecule has 3 N–H and O–H groups in total. The molecule has 0 saturated carbocycles. The van der Waals surface area contributed by atoms with Crippen LogP contribution in [0.3, 0.4) is 0 Å². The normalized spacial score (nSPS) is 10.3. The average Bonchev–Trinajstić information content (AvgIpc) is 2.67. The third kappa shape index (κ3) is 6.04. The second kappa shape index (κ2) is 9.69. The molecular weight excluding hydrogens is 396 g/mol. The van der Waals surface area contributed by atoms with Crippen molar-refractivity contribution < 1.29 is 19.3 Å². The number of nitrogens with zero attached hydrogens (tertiary/aromatic N) is 2. The Hall–Kier alpha value is -3.40. The number of carbonyl (C=O) groups excluding carboxylic acids is 3. The maximum atomic E-state index is 12.4. The summed E-state index contributed by atoms with van der Waals surface area (Å²) in [4.78, 5) is 47.4. The molecule has 10 heteroatoms. The number of nitro benzene ring substituents is 1. The van der Waals surface area contributed by atoms with Gasteiger partial charge in [0.2, 0.25) is 17.7 Å². The number of para-hydroxylation sites is 1. The molecule has 0 fully saturated rings. The highest BCUT2D eigenvalue weighted by atomic mass is 32.2. The predicted octanol–water partition coefficient (Wildman–Crippen LogP) is 2.40. The molecule has 0 bridgehead atoms. The van der Waals surface area contributed by atoms with Gasteiger partial charge in [0.15, 0.2) is 0 Å². The molecule has 0 aliphatic carbocycles. The molecule has 0 aromatic heterocycles. The topological polar surface area (TPSA) is 136 Å². The second-order valence-corrected chi connectivity index (χ2v) is 7.19. The van der Waals surface area contributed by atoms with Crippen LogP contribution in [0.1, 0.15) is 22.8 Å². The number of nitro groups is 1. The molecule has 0 spiro atoms. The van der Waals surface area contributed by atoms with Gasteiger partial charge >= 0.3 is 0 Å². The number of hydrogen-bond acceptors (Lipinski definition) is 6. The summed E-state index contributed by atoms with van der Waals surface area (Å²) in [7, 11) is 1.66. The van der Waals surface area contributed by atoms with Gasteiger partial charge in [-0.05, 0) is 23.8 Å². The number of carbonyl (C=O) groups is 3. The largest absolute Gasteiger partial charge is 0.366 e. The van der Waals surface area contributed by atoms with E-state index in [1.807, 2.05) is 0 Å². The van der Waals surface area contributed by atoms with Crippen molar-refractivity contribution in [2.45, 2.75) is 18.4 Å². The SMILES string of the molecule is CC(=O)N(C)Cc1ccccc1NC(=O)CSc1ccc(C(N)=O)cc1[N+](=O)[O-]. The van der Waals surface area contributed by atoms with E-state index in [1.54, 1.807) is 31.3 Å². The molecule has 0 heterocycles. The molecule has 0 atom stereocenters. The molecule has 0 aliphatic rings. The zero-order valence-corrected chi connectivity index (χ0v) is 16.7. The Kier molecular flexibility index (Phi) is 7.32. The third-order valence-corrected chi connectivity index (χ3v) is 5.10. The molecule has 0 radical (unpaired) electrons. The van der Waals surface area contributed by atoms with E-state index in [9.17, 15) is 24.5 Å². The van der Waals surface area contributed by atoms with Gasteiger partial charge in [0.25, 0.3) is 5.69 Å². The van der Waals surface area contributed by atoms with Crippen LogP contribution in [0.15, 0.2) is 47.4 Å². The number of benzene rings is 2. The fraction of sp³-hybridized carbons (Fsp3) is 0.211. The fourth-order valence-corrected chi connectivity index (χ4v) is 3.22. The molecule has 0 saturated heterocycles. The number of nitrogens with two attached hydrogens (primary N) is 1. The minimum Gasteiger partial charge on any atom is -0.366 e. The van der Waals surface area contributed by atoms with Gasteiger partial charge in [-0.25, -0.2) is 0 Å². The van der Waals surface area contributed by atoms with Gasteiger partial charge in [0, 0.05) is 37.8 Å². The molecule has 3 amide bonds. The Morgan fingerprint density at radius 2 is 1.90 bits per heavy atom. The van der Waals surface area contributed by atoms with E-state index in [0.29, 0.717) is 12.2 Å². The van der Waals surface area contributed by atoms with E-state index >= 15 is 0 Å². The van der Waals surface area contributed by atoms with Crippen molar-refractivity contribution in [3.63, 3.8) is 0 Å². The number of anilines is 1. The molecule has 9 nitrogen and oxygen atoms in total. The van der Waals surface area contributed by atoms with Gasteiger partial charge in [0.1, 0.15) is 0 Å². The molecule has 2 rings (SSSR count). The van der Waals surface area contributed by atoms with Gasteiger partial charge in [-0.1, -0.05) is 18.2 Å². The first-order valence-electron chi connectivity index (χ1n) is 8.49. The van der Waals surface area contributed by atoms with E-state index in [-0.39, 0.29) is 33.7 Å². The van der Waals surface area contributed by atoms with E-state index in [4.69, 9.17) is 5.73 Å². The summed E-state index contributed by atoms with van der Waals surface area (Å²) in [6.45, 7) is 1.78. The summed E-state index contributed by atoms with van der Waals surface area (Å²) in [5, 5.41) is 14.0. The first-order valence-corrected chi connectivity index (χ1v) is 9.48. The van der Waals surface area contributed by atoms with E-state index in [1.165, 1.54) is 24.0 Å². The minimum absolute atomic E-state index is 0.0222. The van der Waals surface area contributed by atoms with Crippen molar-refractivity contribution in [1.82, 2.24) is 4.90 Å². The summed E-state index contributed by atoms with van der Waals surface area (Å²) < 4.78 is 0. The summed E-state index contributed by atoms with van der Waals surface area (Å²) in [6, 6.07) is 10.9. The highest BCUT2D eigenvalue weighted by molar-refractivity contribution is 8.00. The molecule has 0 aliphatic heterocycles. The van der Waals surface area contributed by atoms with Crippen molar-refractivity contribution >= 4 is 40.9 Å². The van der Waals surface area contributed by atoms with Crippen molar-refractivity contribution in [3.05, 3.63) is 63.7 Å². The third-order valence-electron chi connectivity index (χ3n) is 4.04. The number of thioether (sulfide) groups is 1. The molecule has 2 aromatic rings. The first kappa shape index (κ1) is 21.9. The number of amides is 3. The Bertz CT molecular complexity index is 963. The molecule has 0 unspecified atom stereocenters. The molecule has 152 valence electrons. The van der Waals surface area contributed by atoms with Crippen LogP contribution in [0.2, 0.25) is 0 Å². The lowest BCUT2D eigenvalue weighted by Crippen LogP contribution is -2.24. The number of primary amides is 1. The molecular formula is C19H20N4O5S. The lowest BCUT2D eigenvalue weighted by atomic mass is 10.1. The van der Waals surface area contributed by atoms with Crippen molar-refractivity contribution in [3.8, 4) is 0 Å². The smallest absolute Gasteiger partial charge is 0.283 e. The molecule has 29 heavy (non-hydrogen) atoms. The average molecular weight is 416 g/mol. The standard InChI is InChI=1S/C19H20N4O5S/c1-12(24)22(2)10-14-5-3-4-6-15(14)21-18(25)11-29-17-8-7-13(19(20)26)9-16(17)23(27)28/h3-9H,10-11H2,1-2H3,(H2,20,26)(H,21,25). The van der Waals surface area contributed by atoms with Gasteiger partial charge in [-0.3, -0.25) is 24.5 Å². The number of rotatable bonds is 8. The van der Waals surface area contributed by atoms with Crippen LogP contribution in [0.5, 0.6) is 0 Å². The van der Waals surface area contributed by atoms with Crippen LogP contribution in [-0.4, -0.2) is 40.3 Å². The van der Waals surface area contributed by atoms with Gasteiger partial charge < -0.3 is 16.0 Å². The Morgan fingerprint density at radius 3 is 2.52 bits per heavy atom. The lowest BCUT2D eigenvalue weighted by molar-refractivity contribution is -0.387. The summed E-state index contributed by atoms with van der Waals surface area (Å²) in [5.74, 6) is -1.31. The highest BCUT2D eigenvalue weighted by Crippen LogP contribution is 2.30. The van der Waals surface area contributed by atoms with Crippen molar-refractivity contribution in [2.24, 2.45) is 5.73 Å². The fourth-order valence-electron chi connectivity index (χ4n) is 2.41. The lowest BCUT2D eigenvalue weighted by Gasteiger charge is -2.17. The monoisotopic (exact) mass is 416 g/mol.